The molecule has 0 aromatic carbocycles. The van der Waals surface area contributed by atoms with Gasteiger partial charge in [0.1, 0.15) is 5.82 Å². The van der Waals surface area contributed by atoms with Crippen LogP contribution in [0.4, 0.5) is 11.8 Å². The Bertz CT molecular complexity index is 351. The lowest BCUT2D eigenvalue weighted by Gasteiger charge is -2.18. The van der Waals surface area contributed by atoms with Crippen LogP contribution in [0, 0.1) is 6.92 Å². The molecule has 5 heteroatoms. The standard InChI is InChI=1S/C13H24N4O/c1-5-7-11(9-18-4)16-12-8-10(3)15-13(17-12)14-6-2/h8,11H,5-7,9H2,1-4H3,(H2,14,15,16,17). The first kappa shape index (κ1) is 14.7. The normalized spacial score (nSPS) is 12.2. The number of aromatic nitrogens is 2. The Morgan fingerprint density at radius 1 is 1.33 bits per heavy atom. The summed E-state index contributed by atoms with van der Waals surface area (Å²) in [6.07, 6.45) is 2.18. The van der Waals surface area contributed by atoms with Crippen molar-refractivity contribution < 1.29 is 4.74 Å². The molecule has 1 rings (SSSR count). The molecule has 0 amide bonds. The van der Waals surface area contributed by atoms with Crippen LogP contribution in [0.1, 0.15) is 32.4 Å². The van der Waals surface area contributed by atoms with Crippen LogP contribution in [-0.4, -0.2) is 36.3 Å². The van der Waals surface area contributed by atoms with Gasteiger partial charge in [0.05, 0.1) is 12.6 Å². The van der Waals surface area contributed by atoms with E-state index in [1.807, 2.05) is 19.9 Å². The Labute approximate surface area is 109 Å². The second kappa shape index (κ2) is 7.87. The fourth-order valence-electron chi connectivity index (χ4n) is 1.84. The van der Waals surface area contributed by atoms with Crippen LogP contribution in [0.5, 0.6) is 0 Å². The Kier molecular flexibility index (Phi) is 6.43. The van der Waals surface area contributed by atoms with Gasteiger partial charge in [-0.2, -0.15) is 4.98 Å². The molecule has 1 heterocycles. The summed E-state index contributed by atoms with van der Waals surface area (Å²) in [6, 6.07) is 2.25. The van der Waals surface area contributed by atoms with Gasteiger partial charge in [-0.3, -0.25) is 0 Å². The van der Waals surface area contributed by atoms with Crippen LogP contribution in [0.15, 0.2) is 6.07 Å². The van der Waals surface area contributed by atoms with Crippen molar-refractivity contribution in [3.05, 3.63) is 11.8 Å². The van der Waals surface area contributed by atoms with Crippen LogP contribution in [-0.2, 0) is 4.74 Å². The minimum atomic E-state index is 0.295. The van der Waals surface area contributed by atoms with E-state index < -0.39 is 0 Å². The second-order valence-electron chi connectivity index (χ2n) is 4.33. The third-order valence-corrected chi connectivity index (χ3v) is 2.55. The fourth-order valence-corrected chi connectivity index (χ4v) is 1.84. The molecule has 0 spiro atoms. The number of anilines is 2. The first-order valence-corrected chi connectivity index (χ1v) is 6.54. The smallest absolute Gasteiger partial charge is 0.224 e. The highest BCUT2D eigenvalue weighted by Gasteiger charge is 2.09. The SMILES string of the molecule is CCCC(COC)Nc1cc(C)nc(NCC)n1. The molecule has 1 aromatic rings. The molecule has 5 nitrogen and oxygen atoms in total. The first-order chi connectivity index (χ1) is 8.69. The van der Waals surface area contributed by atoms with Crippen molar-refractivity contribution in [2.24, 2.45) is 0 Å². The molecule has 0 saturated carbocycles. The van der Waals surface area contributed by atoms with Gasteiger partial charge in [-0.25, -0.2) is 4.98 Å². The van der Waals surface area contributed by atoms with Crippen molar-refractivity contribution in [1.29, 1.82) is 0 Å². The zero-order chi connectivity index (χ0) is 13.4. The number of hydrogen-bond donors (Lipinski definition) is 2. The molecule has 0 aliphatic carbocycles. The van der Waals surface area contributed by atoms with Gasteiger partial charge in [0.2, 0.25) is 5.95 Å². The molecule has 1 aromatic heterocycles. The van der Waals surface area contributed by atoms with Gasteiger partial charge in [-0.15, -0.1) is 0 Å². The minimum absolute atomic E-state index is 0.295. The summed E-state index contributed by atoms with van der Waals surface area (Å²) in [5.74, 6) is 1.53. The molecule has 0 aliphatic heterocycles. The first-order valence-electron chi connectivity index (χ1n) is 6.54. The summed E-state index contributed by atoms with van der Waals surface area (Å²) in [7, 11) is 1.72. The van der Waals surface area contributed by atoms with Crippen LogP contribution < -0.4 is 10.6 Å². The van der Waals surface area contributed by atoms with Crippen molar-refractivity contribution >= 4 is 11.8 Å². The maximum absolute atomic E-state index is 5.22. The number of nitrogens with zero attached hydrogens (tertiary/aromatic N) is 2. The molecule has 0 fully saturated rings. The third-order valence-electron chi connectivity index (χ3n) is 2.55. The lowest BCUT2D eigenvalue weighted by atomic mass is 10.2. The van der Waals surface area contributed by atoms with E-state index in [2.05, 4.69) is 27.5 Å². The summed E-state index contributed by atoms with van der Waals surface area (Å²) >= 11 is 0. The van der Waals surface area contributed by atoms with Crippen molar-refractivity contribution in [3.8, 4) is 0 Å². The molecule has 0 bridgehead atoms. The fraction of sp³-hybridized carbons (Fsp3) is 0.692. The minimum Gasteiger partial charge on any atom is -0.383 e. The summed E-state index contributed by atoms with van der Waals surface area (Å²) in [4.78, 5) is 8.77. The summed E-state index contributed by atoms with van der Waals surface area (Å²) in [6.45, 7) is 7.68. The van der Waals surface area contributed by atoms with Gasteiger partial charge in [-0.1, -0.05) is 13.3 Å². The highest BCUT2D eigenvalue weighted by molar-refractivity contribution is 5.42. The summed E-state index contributed by atoms with van der Waals surface area (Å²) in [5, 5.41) is 6.54. The van der Waals surface area contributed by atoms with Crippen LogP contribution in [0.25, 0.3) is 0 Å². The molecule has 2 N–H and O–H groups in total. The monoisotopic (exact) mass is 252 g/mol. The number of ether oxygens (including phenoxy) is 1. The van der Waals surface area contributed by atoms with Gasteiger partial charge in [0.25, 0.3) is 0 Å². The Morgan fingerprint density at radius 2 is 2.11 bits per heavy atom. The van der Waals surface area contributed by atoms with Gasteiger partial charge in [-0.05, 0) is 20.3 Å². The number of nitrogens with one attached hydrogen (secondary N) is 2. The molecule has 0 aliphatic rings. The Balaban J connectivity index is 2.74. The maximum atomic E-state index is 5.22. The second-order valence-corrected chi connectivity index (χ2v) is 4.33. The summed E-state index contributed by atoms with van der Waals surface area (Å²) < 4.78 is 5.22. The van der Waals surface area contributed by atoms with E-state index in [0.717, 1.165) is 30.9 Å². The molecular weight excluding hydrogens is 228 g/mol. The molecule has 0 radical (unpaired) electrons. The van der Waals surface area contributed by atoms with E-state index in [0.29, 0.717) is 18.6 Å². The van der Waals surface area contributed by atoms with E-state index in [4.69, 9.17) is 4.74 Å². The predicted molar refractivity (Wildman–Crippen MR) is 75.1 cm³/mol. The highest BCUT2D eigenvalue weighted by atomic mass is 16.5. The number of rotatable bonds is 8. The van der Waals surface area contributed by atoms with Crippen molar-refractivity contribution in [2.75, 3.05) is 30.9 Å². The van der Waals surface area contributed by atoms with Gasteiger partial charge in [0.15, 0.2) is 0 Å². The van der Waals surface area contributed by atoms with Gasteiger partial charge < -0.3 is 15.4 Å². The molecule has 0 saturated heterocycles. The highest BCUT2D eigenvalue weighted by Crippen LogP contribution is 2.12. The topological polar surface area (TPSA) is 59.1 Å². The quantitative estimate of drug-likeness (QED) is 0.744. The zero-order valence-electron chi connectivity index (χ0n) is 11.8. The Hall–Kier alpha value is -1.36. The van der Waals surface area contributed by atoms with Crippen molar-refractivity contribution in [1.82, 2.24) is 9.97 Å². The molecule has 102 valence electrons. The lowest BCUT2D eigenvalue weighted by molar-refractivity contribution is 0.182. The van der Waals surface area contributed by atoms with Gasteiger partial charge >= 0.3 is 0 Å². The van der Waals surface area contributed by atoms with Crippen LogP contribution >= 0.6 is 0 Å². The van der Waals surface area contributed by atoms with Gasteiger partial charge in [0, 0.05) is 25.4 Å². The number of methoxy groups -OCH3 is 1. The molecule has 1 atom stereocenters. The van der Waals surface area contributed by atoms with Crippen molar-refractivity contribution in [3.63, 3.8) is 0 Å². The van der Waals surface area contributed by atoms with Crippen molar-refractivity contribution in [2.45, 2.75) is 39.7 Å². The number of hydrogen-bond acceptors (Lipinski definition) is 5. The van der Waals surface area contributed by atoms with E-state index in [1.165, 1.54) is 0 Å². The van der Waals surface area contributed by atoms with E-state index in [9.17, 15) is 0 Å². The summed E-state index contributed by atoms with van der Waals surface area (Å²) in [5.41, 5.74) is 0.955. The third kappa shape index (κ3) is 4.87. The predicted octanol–water partition coefficient (Wildman–Crippen LogP) is 2.44. The van der Waals surface area contributed by atoms with E-state index >= 15 is 0 Å². The Morgan fingerprint density at radius 3 is 2.72 bits per heavy atom. The van der Waals surface area contributed by atoms with Crippen LogP contribution in [0.3, 0.4) is 0 Å². The number of aryl methyl sites for hydroxylation is 1. The molecule has 1 unspecified atom stereocenters. The average molecular weight is 252 g/mol. The maximum Gasteiger partial charge on any atom is 0.224 e. The van der Waals surface area contributed by atoms with E-state index in [-0.39, 0.29) is 0 Å². The van der Waals surface area contributed by atoms with Crippen LogP contribution in [0.2, 0.25) is 0 Å². The largest absolute Gasteiger partial charge is 0.383 e. The zero-order valence-corrected chi connectivity index (χ0v) is 11.8. The molecule has 18 heavy (non-hydrogen) atoms. The lowest BCUT2D eigenvalue weighted by Crippen LogP contribution is -2.25. The molecular formula is C13H24N4O. The average Bonchev–Trinajstić information content (AvgIpc) is 2.29. The van der Waals surface area contributed by atoms with E-state index in [1.54, 1.807) is 7.11 Å².